The van der Waals surface area contributed by atoms with Crippen LogP contribution in [0.5, 0.6) is 23.0 Å². The van der Waals surface area contributed by atoms with Crippen molar-refractivity contribution in [3.8, 4) is 23.0 Å². The molecule has 1 aromatic heterocycles. The smallest absolute Gasteiger partial charge is 0.178 e. The summed E-state index contributed by atoms with van der Waals surface area (Å²) in [5.74, 6) is 2.81. The summed E-state index contributed by atoms with van der Waals surface area (Å²) in [5.41, 5.74) is 1.82. The zero-order valence-electron chi connectivity index (χ0n) is 19.3. The van der Waals surface area contributed by atoms with Crippen LogP contribution < -0.4 is 24.8 Å². The van der Waals surface area contributed by atoms with E-state index in [4.69, 9.17) is 14.2 Å². The molecule has 3 rings (SSSR count). The van der Waals surface area contributed by atoms with Gasteiger partial charge in [-0.2, -0.15) is 0 Å². The van der Waals surface area contributed by atoms with Crippen LogP contribution >= 0.6 is 24.0 Å². The summed E-state index contributed by atoms with van der Waals surface area (Å²) in [7, 11) is 3.30. The number of hydrogen-bond acceptors (Lipinski definition) is 6. The molecule has 0 amide bonds. The van der Waals surface area contributed by atoms with Gasteiger partial charge in [0, 0.05) is 30.2 Å². The highest BCUT2D eigenvalue weighted by molar-refractivity contribution is 14.0. The maximum Gasteiger partial charge on any atom is 0.178 e. The fourth-order valence-corrected chi connectivity index (χ4v) is 3.39. The van der Waals surface area contributed by atoms with Crippen LogP contribution in [-0.2, 0) is 0 Å². The summed E-state index contributed by atoms with van der Waals surface area (Å²) in [5, 5.41) is 7.90. The number of methoxy groups -OCH3 is 2. The molecule has 0 aliphatic rings. The van der Waals surface area contributed by atoms with Gasteiger partial charge in [0.1, 0.15) is 11.5 Å². The van der Waals surface area contributed by atoms with E-state index in [0.717, 1.165) is 41.9 Å². The van der Waals surface area contributed by atoms with Gasteiger partial charge >= 0.3 is 0 Å². The van der Waals surface area contributed by atoms with Crippen molar-refractivity contribution in [1.82, 2.24) is 10.3 Å². The topological polar surface area (TPSA) is 64.6 Å². The Balaban J connectivity index is 0.00000363. The molecule has 7 heteroatoms. The van der Waals surface area contributed by atoms with Crippen molar-refractivity contribution in [1.29, 1.82) is 0 Å². The summed E-state index contributed by atoms with van der Waals surface area (Å²) in [6, 6.07) is 13.9. The van der Waals surface area contributed by atoms with Gasteiger partial charge in [0.15, 0.2) is 11.5 Å². The summed E-state index contributed by atoms with van der Waals surface area (Å²) in [6.07, 6.45) is 5.25. The number of halogens is 1. The number of anilines is 1. The number of fused-ring (bicyclic) bond motifs is 1. The molecule has 2 aromatic carbocycles. The molecule has 0 aliphatic carbocycles. The van der Waals surface area contributed by atoms with Crippen molar-refractivity contribution in [2.45, 2.75) is 39.2 Å². The van der Waals surface area contributed by atoms with E-state index >= 15 is 0 Å². The number of nitrogens with zero attached hydrogens (tertiary/aromatic N) is 1. The van der Waals surface area contributed by atoms with Crippen molar-refractivity contribution in [3.05, 3.63) is 48.7 Å². The third-order valence-corrected chi connectivity index (χ3v) is 5.03. The van der Waals surface area contributed by atoms with E-state index in [-0.39, 0.29) is 24.0 Å². The zero-order chi connectivity index (χ0) is 22.1. The van der Waals surface area contributed by atoms with Crippen LogP contribution in [0.3, 0.4) is 0 Å². The van der Waals surface area contributed by atoms with Crippen molar-refractivity contribution >= 4 is 40.6 Å². The summed E-state index contributed by atoms with van der Waals surface area (Å²) in [6.45, 7) is 6.30. The Kier molecular flexibility index (Phi) is 10.8. The monoisotopic (exact) mass is 551 g/mol. The van der Waals surface area contributed by atoms with Crippen LogP contribution in [-0.4, -0.2) is 38.3 Å². The normalized spacial score (nSPS) is 10.7. The first-order valence-corrected chi connectivity index (χ1v) is 10.9. The van der Waals surface area contributed by atoms with Gasteiger partial charge in [-0.15, -0.1) is 24.0 Å². The van der Waals surface area contributed by atoms with Crippen LogP contribution in [0.4, 0.5) is 5.69 Å². The molecular weight excluding hydrogens is 517 g/mol. The van der Waals surface area contributed by atoms with E-state index in [1.54, 1.807) is 20.4 Å². The second-order valence-electron chi connectivity index (χ2n) is 7.73. The minimum absolute atomic E-state index is 0. The maximum absolute atomic E-state index is 6.20. The Hall–Kier alpha value is -2.26. The van der Waals surface area contributed by atoms with Gasteiger partial charge in [-0.25, -0.2) is 0 Å². The Labute approximate surface area is 208 Å². The zero-order valence-corrected chi connectivity index (χ0v) is 21.6. The van der Waals surface area contributed by atoms with E-state index in [1.807, 2.05) is 42.5 Å². The largest absolute Gasteiger partial charge is 0.497 e. The summed E-state index contributed by atoms with van der Waals surface area (Å²) < 4.78 is 17.1. The van der Waals surface area contributed by atoms with Crippen molar-refractivity contribution < 1.29 is 14.2 Å². The number of hydrogen-bond donors (Lipinski definition) is 2. The van der Waals surface area contributed by atoms with E-state index in [0.29, 0.717) is 23.3 Å². The number of nitrogens with one attached hydrogen (secondary N) is 2. The SMILES string of the molecule is COc1ccc(Oc2c(OC)cc(NCCCCCNC(C)C)c3ncccc23)cc1.I. The van der Waals surface area contributed by atoms with Crippen LogP contribution in [0.15, 0.2) is 48.7 Å². The summed E-state index contributed by atoms with van der Waals surface area (Å²) in [4.78, 5) is 4.61. The lowest BCUT2D eigenvalue weighted by Gasteiger charge is -2.17. The van der Waals surface area contributed by atoms with Gasteiger partial charge in [0.2, 0.25) is 0 Å². The van der Waals surface area contributed by atoms with Crippen LogP contribution in [0.2, 0.25) is 0 Å². The number of ether oxygens (including phenoxy) is 3. The summed E-state index contributed by atoms with van der Waals surface area (Å²) >= 11 is 0. The average molecular weight is 551 g/mol. The second-order valence-corrected chi connectivity index (χ2v) is 7.73. The molecule has 6 nitrogen and oxygen atoms in total. The molecule has 3 aromatic rings. The number of unbranched alkanes of at least 4 members (excludes halogenated alkanes) is 2. The molecule has 0 unspecified atom stereocenters. The van der Waals surface area contributed by atoms with Crippen LogP contribution in [0.25, 0.3) is 10.9 Å². The highest BCUT2D eigenvalue weighted by Gasteiger charge is 2.16. The molecule has 0 aliphatic heterocycles. The van der Waals surface area contributed by atoms with Gasteiger partial charge < -0.3 is 24.8 Å². The van der Waals surface area contributed by atoms with Gasteiger partial charge in [-0.3, -0.25) is 4.98 Å². The predicted octanol–water partition coefficient (Wildman–Crippen LogP) is 6.24. The first kappa shape index (κ1) is 26.0. The van der Waals surface area contributed by atoms with Crippen molar-refractivity contribution in [2.75, 3.05) is 32.6 Å². The molecule has 0 bridgehead atoms. The van der Waals surface area contributed by atoms with Crippen LogP contribution in [0, 0.1) is 0 Å². The van der Waals surface area contributed by atoms with Crippen molar-refractivity contribution in [3.63, 3.8) is 0 Å². The highest BCUT2D eigenvalue weighted by Crippen LogP contribution is 2.42. The Morgan fingerprint density at radius 2 is 1.62 bits per heavy atom. The molecule has 0 radical (unpaired) electrons. The molecule has 1 heterocycles. The number of pyridine rings is 1. The third-order valence-electron chi connectivity index (χ3n) is 5.03. The molecule has 0 spiro atoms. The lowest BCUT2D eigenvalue weighted by molar-refractivity contribution is 0.380. The number of aromatic nitrogens is 1. The van der Waals surface area contributed by atoms with Gasteiger partial charge in [0.25, 0.3) is 0 Å². The molecule has 0 saturated heterocycles. The lowest BCUT2D eigenvalue weighted by Crippen LogP contribution is -2.23. The first-order chi connectivity index (χ1) is 15.1. The van der Waals surface area contributed by atoms with E-state index < -0.39 is 0 Å². The van der Waals surface area contributed by atoms with Crippen molar-refractivity contribution in [2.24, 2.45) is 0 Å². The fourth-order valence-electron chi connectivity index (χ4n) is 3.39. The third kappa shape index (κ3) is 7.13. The Bertz CT molecular complexity index is 965. The number of rotatable bonds is 12. The maximum atomic E-state index is 6.20. The van der Waals surface area contributed by atoms with E-state index in [1.165, 1.54) is 12.8 Å². The predicted molar refractivity (Wildman–Crippen MR) is 142 cm³/mol. The molecule has 32 heavy (non-hydrogen) atoms. The molecule has 0 fully saturated rings. The first-order valence-electron chi connectivity index (χ1n) is 10.9. The average Bonchev–Trinajstić information content (AvgIpc) is 2.79. The minimum Gasteiger partial charge on any atom is -0.497 e. The standard InChI is InChI=1S/C25H33N3O3.HI/c1-18(2)26-14-6-5-7-15-27-22-17-23(30-4)25(21-9-8-16-28-24(21)22)31-20-12-10-19(29-3)11-13-20;/h8-13,16-18,26-27H,5-7,14-15H2,1-4H3;1H. The van der Waals surface area contributed by atoms with E-state index in [9.17, 15) is 0 Å². The Morgan fingerprint density at radius 1 is 0.906 bits per heavy atom. The van der Waals surface area contributed by atoms with E-state index in [2.05, 4.69) is 29.5 Å². The molecule has 174 valence electrons. The number of benzene rings is 2. The second kappa shape index (κ2) is 13.3. The molecule has 0 saturated carbocycles. The Morgan fingerprint density at radius 3 is 2.31 bits per heavy atom. The quantitative estimate of drug-likeness (QED) is 0.205. The van der Waals surface area contributed by atoms with Gasteiger partial charge in [0.05, 0.1) is 25.4 Å². The van der Waals surface area contributed by atoms with Crippen LogP contribution in [0.1, 0.15) is 33.1 Å². The fraction of sp³-hybridized carbons (Fsp3) is 0.400. The molecular formula is C25H34IN3O3. The molecule has 2 N–H and O–H groups in total. The molecule has 0 atom stereocenters. The van der Waals surface area contributed by atoms with Gasteiger partial charge in [-0.05, 0) is 55.8 Å². The lowest BCUT2D eigenvalue weighted by atomic mass is 10.1. The highest BCUT2D eigenvalue weighted by atomic mass is 127. The minimum atomic E-state index is 0. The van der Waals surface area contributed by atoms with Gasteiger partial charge in [-0.1, -0.05) is 20.3 Å².